The fourth-order valence-electron chi connectivity index (χ4n) is 6.32. The van der Waals surface area contributed by atoms with E-state index in [4.69, 9.17) is 11.6 Å². The maximum absolute atomic E-state index is 13.8. The normalized spacial score (nSPS) is 27.2. The fourth-order valence-corrected chi connectivity index (χ4v) is 6.45. The second-order valence-electron chi connectivity index (χ2n) is 11.9. The highest BCUT2D eigenvalue weighted by molar-refractivity contribution is 6.17. The molecule has 1 heterocycles. The van der Waals surface area contributed by atoms with E-state index in [1.54, 1.807) is 0 Å². The van der Waals surface area contributed by atoms with Gasteiger partial charge < -0.3 is 15.1 Å². The van der Waals surface area contributed by atoms with Crippen molar-refractivity contribution in [3.8, 4) is 0 Å². The van der Waals surface area contributed by atoms with Gasteiger partial charge in [0.15, 0.2) is 0 Å². The third kappa shape index (κ3) is 5.64. The quantitative estimate of drug-likeness (QED) is 0.467. The Morgan fingerprint density at radius 1 is 1.14 bits per heavy atom. The van der Waals surface area contributed by atoms with E-state index >= 15 is 0 Å². The van der Waals surface area contributed by atoms with Gasteiger partial charge in [-0.25, -0.2) is 4.79 Å². The van der Waals surface area contributed by atoms with Gasteiger partial charge in [0.2, 0.25) is 5.91 Å². The summed E-state index contributed by atoms with van der Waals surface area (Å²) in [5.41, 5.74) is 0.772. The third-order valence-corrected chi connectivity index (χ3v) is 8.74. The molecule has 6 nitrogen and oxygen atoms in total. The third-order valence-electron chi connectivity index (χ3n) is 8.47. The molecule has 1 aromatic carbocycles. The molecule has 2 aliphatic carbocycles. The average molecular weight is 503 g/mol. The summed E-state index contributed by atoms with van der Waals surface area (Å²) < 4.78 is 0. The van der Waals surface area contributed by atoms with Crippen LogP contribution < -0.4 is 5.32 Å². The van der Waals surface area contributed by atoms with Crippen LogP contribution in [0.15, 0.2) is 30.3 Å². The van der Waals surface area contributed by atoms with Crippen molar-refractivity contribution in [1.29, 1.82) is 0 Å². The minimum Gasteiger partial charge on any atom is -0.349 e. The molecular formula is C28H43ClN4O2. The van der Waals surface area contributed by atoms with Crippen LogP contribution in [0.25, 0.3) is 0 Å². The molecule has 2 saturated carbocycles. The van der Waals surface area contributed by atoms with E-state index in [1.165, 1.54) is 18.4 Å². The van der Waals surface area contributed by atoms with Gasteiger partial charge in [-0.2, -0.15) is 0 Å². The van der Waals surface area contributed by atoms with Crippen LogP contribution in [0.2, 0.25) is 0 Å². The number of carbonyl (C=O) groups excluding carboxylic acids is 2. The second kappa shape index (κ2) is 10.3. The molecule has 0 atom stereocenters. The molecule has 35 heavy (non-hydrogen) atoms. The smallest absolute Gasteiger partial charge is 0.320 e. The first-order chi connectivity index (χ1) is 16.6. The van der Waals surface area contributed by atoms with Crippen LogP contribution in [0.1, 0.15) is 70.8 Å². The van der Waals surface area contributed by atoms with E-state index in [2.05, 4.69) is 59.5 Å². The van der Waals surface area contributed by atoms with Crippen LogP contribution in [-0.2, 0) is 10.3 Å². The zero-order chi connectivity index (χ0) is 25.3. The Bertz CT molecular complexity index is 891. The van der Waals surface area contributed by atoms with Gasteiger partial charge in [0, 0.05) is 37.5 Å². The number of alkyl halides is 1. The van der Waals surface area contributed by atoms with Crippen molar-refractivity contribution in [2.75, 3.05) is 39.6 Å². The lowest BCUT2D eigenvalue weighted by atomic mass is 9.68. The molecule has 7 heteroatoms. The van der Waals surface area contributed by atoms with Crippen molar-refractivity contribution in [3.63, 3.8) is 0 Å². The molecule has 0 aromatic heterocycles. The number of halogens is 1. The molecule has 0 unspecified atom stereocenters. The van der Waals surface area contributed by atoms with Gasteiger partial charge in [0.05, 0.1) is 11.1 Å². The van der Waals surface area contributed by atoms with Gasteiger partial charge in [-0.3, -0.25) is 9.69 Å². The fraction of sp³-hybridized carbons (Fsp3) is 0.714. The molecule has 0 radical (unpaired) electrons. The van der Waals surface area contributed by atoms with Crippen molar-refractivity contribution in [2.45, 2.75) is 81.8 Å². The minimum atomic E-state index is -0.484. The Morgan fingerprint density at radius 2 is 1.80 bits per heavy atom. The number of nitrogens with zero attached hydrogens (tertiary/aromatic N) is 3. The molecular weight excluding hydrogens is 460 g/mol. The molecule has 1 spiro atoms. The van der Waals surface area contributed by atoms with Gasteiger partial charge in [0.1, 0.15) is 0 Å². The number of benzene rings is 1. The number of hydrogen-bond donors (Lipinski definition) is 1. The van der Waals surface area contributed by atoms with Crippen LogP contribution in [-0.4, -0.2) is 77.3 Å². The summed E-state index contributed by atoms with van der Waals surface area (Å²) >= 11 is 5.76. The molecule has 0 bridgehead atoms. The zero-order valence-electron chi connectivity index (χ0n) is 22.0. The highest BCUT2D eigenvalue weighted by Gasteiger charge is 2.55. The van der Waals surface area contributed by atoms with E-state index in [-0.39, 0.29) is 23.0 Å². The Balaban J connectivity index is 1.51. The van der Waals surface area contributed by atoms with Gasteiger partial charge in [0.25, 0.3) is 0 Å². The Hall–Kier alpha value is -1.79. The van der Waals surface area contributed by atoms with Crippen LogP contribution in [0.3, 0.4) is 0 Å². The molecule has 1 saturated heterocycles. The van der Waals surface area contributed by atoms with E-state index in [9.17, 15) is 9.59 Å². The number of nitrogens with one attached hydrogen (secondary N) is 1. The van der Waals surface area contributed by atoms with Crippen LogP contribution >= 0.6 is 11.6 Å². The number of hydrogen-bond acceptors (Lipinski definition) is 3. The summed E-state index contributed by atoms with van der Waals surface area (Å²) in [6.45, 7) is 6.18. The summed E-state index contributed by atoms with van der Waals surface area (Å²) in [4.78, 5) is 32.7. The first-order valence-electron chi connectivity index (χ1n) is 13.3. The van der Waals surface area contributed by atoms with Crippen LogP contribution in [0.5, 0.6) is 0 Å². The Morgan fingerprint density at radius 3 is 2.37 bits per heavy atom. The summed E-state index contributed by atoms with van der Waals surface area (Å²) in [6.07, 6.45) is 7.61. The van der Waals surface area contributed by atoms with E-state index < -0.39 is 5.54 Å². The molecule has 3 aliphatic rings. The number of amides is 3. The zero-order valence-corrected chi connectivity index (χ0v) is 22.7. The van der Waals surface area contributed by atoms with E-state index in [1.807, 2.05) is 18.7 Å². The molecule has 1 aliphatic heterocycles. The first-order valence-corrected chi connectivity index (χ1v) is 13.8. The van der Waals surface area contributed by atoms with Crippen molar-refractivity contribution >= 4 is 23.5 Å². The van der Waals surface area contributed by atoms with E-state index in [0.29, 0.717) is 31.2 Å². The van der Waals surface area contributed by atoms with Crippen molar-refractivity contribution < 1.29 is 9.59 Å². The molecule has 3 fully saturated rings. The summed E-state index contributed by atoms with van der Waals surface area (Å²) in [7, 11) is 4.38. The molecule has 1 N–H and O–H groups in total. The lowest BCUT2D eigenvalue weighted by Gasteiger charge is -2.51. The predicted molar refractivity (Wildman–Crippen MR) is 142 cm³/mol. The SMILES string of the molecule is CN(C)[C@]1(c2ccccc2)CC[C@@]2(CC1)CN(CC(C)(C)NC(=O)CCCCl)C(=O)N2CC1CC1. The van der Waals surface area contributed by atoms with Crippen molar-refractivity contribution in [2.24, 2.45) is 5.92 Å². The monoisotopic (exact) mass is 502 g/mol. The largest absolute Gasteiger partial charge is 0.349 e. The summed E-state index contributed by atoms with van der Waals surface area (Å²) in [6, 6.07) is 11.0. The molecule has 4 rings (SSSR count). The second-order valence-corrected chi connectivity index (χ2v) is 12.3. The Kier molecular flexibility index (Phi) is 7.73. The lowest BCUT2D eigenvalue weighted by molar-refractivity contribution is -0.122. The first kappa shape index (κ1) is 26.3. The highest BCUT2D eigenvalue weighted by atomic mass is 35.5. The summed E-state index contributed by atoms with van der Waals surface area (Å²) in [5.74, 6) is 1.13. The van der Waals surface area contributed by atoms with Crippen LogP contribution in [0.4, 0.5) is 4.79 Å². The minimum absolute atomic E-state index is 0.00291. The van der Waals surface area contributed by atoms with Gasteiger partial charge >= 0.3 is 6.03 Å². The topological polar surface area (TPSA) is 55.9 Å². The van der Waals surface area contributed by atoms with Crippen molar-refractivity contribution in [3.05, 3.63) is 35.9 Å². The molecule has 1 aromatic rings. The molecule has 194 valence electrons. The summed E-state index contributed by atoms with van der Waals surface area (Å²) in [5, 5.41) is 3.13. The Labute approximate surface area is 216 Å². The lowest BCUT2D eigenvalue weighted by Crippen LogP contribution is -2.55. The van der Waals surface area contributed by atoms with Crippen molar-refractivity contribution in [1.82, 2.24) is 20.0 Å². The van der Waals surface area contributed by atoms with Gasteiger partial charge in [-0.05, 0) is 84.4 Å². The molecule has 3 amide bonds. The number of rotatable bonds is 10. The standard InChI is InChI=1S/C28H43ClN4O2/c1-26(2,30-24(34)11-8-18-29)20-32-21-27(33(25(32)35)19-22-12-13-22)14-16-28(17-15-27,31(3)4)23-9-6-5-7-10-23/h5-7,9-10,22H,8,11-21H2,1-4H3,(H,30,34)/t27-,28-. The predicted octanol–water partition coefficient (Wildman–Crippen LogP) is 4.82. The van der Waals surface area contributed by atoms with Gasteiger partial charge in [-0.15, -0.1) is 11.6 Å². The maximum Gasteiger partial charge on any atom is 0.320 e. The van der Waals surface area contributed by atoms with E-state index in [0.717, 1.165) is 38.8 Å². The highest BCUT2D eigenvalue weighted by Crippen LogP contribution is 2.50. The van der Waals surface area contributed by atoms with Crippen LogP contribution in [0, 0.1) is 5.92 Å². The number of carbonyl (C=O) groups is 2. The average Bonchev–Trinajstić information content (AvgIpc) is 3.61. The number of urea groups is 1. The van der Waals surface area contributed by atoms with Gasteiger partial charge in [-0.1, -0.05) is 30.3 Å². The maximum atomic E-state index is 13.8.